The number of amides is 3. The topological polar surface area (TPSA) is 100 Å². The highest BCUT2D eigenvalue weighted by Crippen LogP contribution is 2.31. The maximum absolute atomic E-state index is 13.0. The molecular formula is C16H15FN6O2S2. The van der Waals surface area contributed by atoms with E-state index in [1.165, 1.54) is 51.8 Å². The van der Waals surface area contributed by atoms with Gasteiger partial charge in [-0.05, 0) is 31.2 Å². The summed E-state index contributed by atoms with van der Waals surface area (Å²) in [5.74, 6) is -0.703. The van der Waals surface area contributed by atoms with Crippen molar-refractivity contribution in [2.75, 3.05) is 23.8 Å². The summed E-state index contributed by atoms with van der Waals surface area (Å²) in [6, 6.07) is 4.96. The average Bonchev–Trinajstić information content (AvgIpc) is 3.30. The minimum atomic E-state index is -0.404. The Morgan fingerprint density at radius 1 is 1.22 bits per heavy atom. The molecule has 0 saturated heterocycles. The molecule has 3 amide bonds. The number of urea groups is 1. The Balaban J connectivity index is 1.72. The quantitative estimate of drug-likeness (QED) is 0.678. The average molecular weight is 406 g/mol. The minimum Gasteiger partial charge on any atom is -0.338 e. The van der Waals surface area contributed by atoms with Gasteiger partial charge in [-0.15, -0.1) is 21.5 Å². The van der Waals surface area contributed by atoms with E-state index in [1.54, 1.807) is 12.4 Å². The van der Waals surface area contributed by atoms with Gasteiger partial charge in [-0.3, -0.25) is 15.0 Å². The molecule has 2 aromatic heterocycles. The number of aromatic nitrogens is 3. The van der Waals surface area contributed by atoms with Crippen LogP contribution >= 0.6 is 22.7 Å². The molecule has 2 N–H and O–H groups in total. The fourth-order valence-corrected chi connectivity index (χ4v) is 3.62. The van der Waals surface area contributed by atoms with Crippen molar-refractivity contribution in [1.29, 1.82) is 0 Å². The van der Waals surface area contributed by atoms with Crippen molar-refractivity contribution in [2.24, 2.45) is 0 Å². The summed E-state index contributed by atoms with van der Waals surface area (Å²) in [4.78, 5) is 29.8. The zero-order chi connectivity index (χ0) is 19.4. The zero-order valence-corrected chi connectivity index (χ0v) is 16.0. The second kappa shape index (κ2) is 8.18. The lowest BCUT2D eigenvalue weighted by atomic mass is 10.2. The molecule has 3 aromatic rings. The number of benzene rings is 1. The summed E-state index contributed by atoms with van der Waals surface area (Å²) in [5.41, 5.74) is 0.912. The summed E-state index contributed by atoms with van der Waals surface area (Å²) in [7, 11) is 1.59. The van der Waals surface area contributed by atoms with Gasteiger partial charge in [-0.1, -0.05) is 11.3 Å². The molecule has 0 aliphatic carbocycles. The molecule has 140 valence electrons. The predicted octanol–water partition coefficient (Wildman–Crippen LogP) is 3.22. The van der Waals surface area contributed by atoms with Crippen LogP contribution in [0.4, 0.5) is 19.4 Å². The van der Waals surface area contributed by atoms with Gasteiger partial charge >= 0.3 is 6.03 Å². The molecule has 0 aliphatic rings. The third kappa shape index (κ3) is 4.44. The molecule has 3 rings (SSSR count). The molecule has 1 aromatic carbocycles. The fraction of sp³-hybridized carbons (Fsp3) is 0.188. The van der Waals surface area contributed by atoms with Crippen molar-refractivity contribution >= 4 is 44.9 Å². The van der Waals surface area contributed by atoms with Gasteiger partial charge in [0.15, 0.2) is 10.1 Å². The van der Waals surface area contributed by atoms with Gasteiger partial charge in [0.2, 0.25) is 5.13 Å². The number of carbonyl (C=O) groups excluding carboxylic acids is 2. The highest BCUT2D eigenvalue weighted by Gasteiger charge is 2.19. The van der Waals surface area contributed by atoms with Crippen LogP contribution in [-0.2, 0) is 0 Å². The molecule has 0 fully saturated rings. The second-order valence-corrected chi connectivity index (χ2v) is 7.10. The molecule has 0 atom stereocenters. The lowest BCUT2D eigenvalue weighted by molar-refractivity contribution is 0.0993. The molecule has 11 heteroatoms. The molecule has 0 unspecified atom stereocenters. The van der Waals surface area contributed by atoms with Gasteiger partial charge in [-0.2, -0.15) is 0 Å². The normalized spacial score (nSPS) is 10.5. The second-order valence-electron chi connectivity index (χ2n) is 5.28. The van der Waals surface area contributed by atoms with Crippen LogP contribution in [0, 0.1) is 5.82 Å². The number of hydrogen-bond acceptors (Lipinski definition) is 7. The maximum Gasteiger partial charge on any atom is 0.321 e. The minimum absolute atomic E-state index is 0.299. The monoisotopic (exact) mass is 406 g/mol. The number of thiazole rings is 1. The summed E-state index contributed by atoms with van der Waals surface area (Å²) < 4.78 is 13.0. The molecule has 0 saturated carbocycles. The van der Waals surface area contributed by atoms with Crippen molar-refractivity contribution in [1.82, 2.24) is 20.5 Å². The van der Waals surface area contributed by atoms with E-state index >= 15 is 0 Å². The maximum atomic E-state index is 13.0. The number of halogens is 1. The van der Waals surface area contributed by atoms with Crippen LogP contribution in [0.1, 0.15) is 17.3 Å². The van der Waals surface area contributed by atoms with Crippen molar-refractivity contribution in [3.05, 3.63) is 41.0 Å². The number of nitrogens with one attached hydrogen (secondary N) is 2. The Kier molecular flexibility index (Phi) is 5.72. The van der Waals surface area contributed by atoms with Crippen LogP contribution < -0.4 is 15.5 Å². The Labute approximate surface area is 162 Å². The van der Waals surface area contributed by atoms with E-state index in [0.29, 0.717) is 33.1 Å². The van der Waals surface area contributed by atoms with Crippen LogP contribution in [0.5, 0.6) is 0 Å². The van der Waals surface area contributed by atoms with Gasteiger partial charge in [0, 0.05) is 24.5 Å². The van der Waals surface area contributed by atoms with Gasteiger partial charge in [0.1, 0.15) is 11.5 Å². The summed E-state index contributed by atoms with van der Waals surface area (Å²) in [6.45, 7) is 2.31. The smallest absolute Gasteiger partial charge is 0.321 e. The zero-order valence-electron chi connectivity index (χ0n) is 14.4. The molecule has 0 radical (unpaired) electrons. The van der Waals surface area contributed by atoms with Crippen molar-refractivity contribution in [2.45, 2.75) is 6.92 Å². The Hall–Kier alpha value is -2.92. The first-order chi connectivity index (χ1) is 13.0. The number of nitrogens with zero attached hydrogens (tertiary/aromatic N) is 4. The molecule has 27 heavy (non-hydrogen) atoms. The van der Waals surface area contributed by atoms with Crippen LogP contribution in [0.25, 0.3) is 10.7 Å². The highest BCUT2D eigenvalue weighted by molar-refractivity contribution is 7.19. The van der Waals surface area contributed by atoms with Crippen LogP contribution in [0.15, 0.2) is 29.6 Å². The van der Waals surface area contributed by atoms with E-state index in [4.69, 9.17) is 0 Å². The number of carbonyl (C=O) groups is 2. The van der Waals surface area contributed by atoms with E-state index in [9.17, 15) is 14.0 Å². The first-order valence-electron chi connectivity index (χ1n) is 7.85. The number of hydrogen-bond donors (Lipinski definition) is 2. The highest BCUT2D eigenvalue weighted by atomic mass is 32.1. The largest absolute Gasteiger partial charge is 0.338 e. The Morgan fingerprint density at radius 3 is 2.67 bits per heavy atom. The Morgan fingerprint density at radius 2 is 1.96 bits per heavy atom. The molecule has 2 heterocycles. The van der Waals surface area contributed by atoms with Gasteiger partial charge in [-0.25, -0.2) is 14.2 Å². The third-order valence-electron chi connectivity index (χ3n) is 3.38. The molecule has 0 aliphatic heterocycles. The summed E-state index contributed by atoms with van der Waals surface area (Å²) in [5, 5.41) is 16.2. The van der Waals surface area contributed by atoms with Gasteiger partial charge in [0.05, 0.1) is 0 Å². The van der Waals surface area contributed by atoms with Crippen LogP contribution in [0.2, 0.25) is 0 Å². The molecule has 8 nitrogen and oxygen atoms in total. The molecule has 0 bridgehead atoms. The summed E-state index contributed by atoms with van der Waals surface area (Å²) in [6.07, 6.45) is 0. The molecular weight excluding hydrogens is 391 g/mol. The standard InChI is InChI=1S/C16H15FN6O2S2/c1-3-18-14(25)20-15-22-21-12(27-15)11-8-26-16(19-11)23(2)13(24)9-4-6-10(17)7-5-9/h4-8H,3H2,1-2H3,(H2,18,20,22,25). The third-order valence-corrected chi connectivity index (χ3v) is 5.15. The van der Waals surface area contributed by atoms with Crippen molar-refractivity contribution in [3.63, 3.8) is 0 Å². The van der Waals surface area contributed by atoms with E-state index in [2.05, 4.69) is 25.8 Å². The van der Waals surface area contributed by atoms with E-state index in [-0.39, 0.29) is 11.9 Å². The molecule has 0 spiro atoms. The SMILES string of the molecule is CCNC(=O)Nc1nnc(-c2csc(N(C)C(=O)c3ccc(F)cc3)n2)s1. The van der Waals surface area contributed by atoms with Crippen molar-refractivity contribution in [3.8, 4) is 10.7 Å². The first-order valence-corrected chi connectivity index (χ1v) is 9.55. The number of rotatable bonds is 5. The fourth-order valence-electron chi connectivity index (χ4n) is 2.07. The van der Waals surface area contributed by atoms with Gasteiger partial charge < -0.3 is 5.32 Å². The first kappa shape index (κ1) is 18.9. The number of anilines is 2. The van der Waals surface area contributed by atoms with Gasteiger partial charge in [0.25, 0.3) is 5.91 Å². The van der Waals surface area contributed by atoms with E-state index < -0.39 is 5.82 Å². The summed E-state index contributed by atoms with van der Waals surface area (Å²) >= 11 is 2.45. The van der Waals surface area contributed by atoms with Crippen LogP contribution in [0.3, 0.4) is 0 Å². The lowest BCUT2D eigenvalue weighted by Gasteiger charge is -2.13. The van der Waals surface area contributed by atoms with E-state index in [1.807, 2.05) is 6.92 Å². The van der Waals surface area contributed by atoms with Crippen LogP contribution in [-0.4, -0.2) is 40.7 Å². The van der Waals surface area contributed by atoms with Crippen molar-refractivity contribution < 1.29 is 14.0 Å². The Bertz CT molecular complexity index is 956. The predicted molar refractivity (Wildman–Crippen MR) is 103 cm³/mol. The van der Waals surface area contributed by atoms with E-state index in [0.717, 1.165) is 0 Å². The lowest BCUT2D eigenvalue weighted by Crippen LogP contribution is -2.28.